The molecule has 1 fully saturated rings. The number of amides is 3. The van der Waals surface area contributed by atoms with Crippen molar-refractivity contribution in [1.29, 1.82) is 0 Å². The minimum absolute atomic E-state index is 0.282. The number of benzene rings is 3. The summed E-state index contributed by atoms with van der Waals surface area (Å²) >= 11 is 6.51. The van der Waals surface area contributed by atoms with Crippen LogP contribution in [0.3, 0.4) is 0 Å². The van der Waals surface area contributed by atoms with Gasteiger partial charge in [-0.2, -0.15) is 0 Å². The number of urea groups is 1. The molecular formula is C27H26ClN3O4. The number of anilines is 2. The molecule has 3 aromatic rings. The van der Waals surface area contributed by atoms with Gasteiger partial charge in [-0.15, -0.1) is 0 Å². The smallest absolute Gasteiger partial charge is 0.325 e. The SMILES string of the molecule is COc1cccc2c1OC1(C)C(C(=O)Nc3ccc(C)cc3C)C2NC(=O)N1c1ccccc1Cl. The molecule has 1 saturated heterocycles. The monoisotopic (exact) mass is 491 g/mol. The molecule has 7 nitrogen and oxygen atoms in total. The number of aryl methyl sites for hydroxylation is 2. The third-order valence-corrected chi connectivity index (χ3v) is 7.04. The van der Waals surface area contributed by atoms with Crippen LogP contribution < -0.4 is 25.0 Å². The lowest BCUT2D eigenvalue weighted by atomic mass is 9.78. The zero-order chi connectivity index (χ0) is 24.9. The van der Waals surface area contributed by atoms with Crippen LogP contribution in [0.25, 0.3) is 0 Å². The maximum absolute atomic E-state index is 13.9. The fourth-order valence-corrected chi connectivity index (χ4v) is 5.31. The van der Waals surface area contributed by atoms with Gasteiger partial charge in [0.1, 0.15) is 5.92 Å². The largest absolute Gasteiger partial charge is 0.493 e. The highest BCUT2D eigenvalue weighted by Crippen LogP contribution is 2.53. The first-order valence-corrected chi connectivity index (χ1v) is 11.7. The van der Waals surface area contributed by atoms with Crippen molar-refractivity contribution in [2.45, 2.75) is 32.5 Å². The van der Waals surface area contributed by atoms with Gasteiger partial charge in [0.15, 0.2) is 11.5 Å². The summed E-state index contributed by atoms with van der Waals surface area (Å²) in [4.78, 5) is 28.8. The Morgan fingerprint density at radius 3 is 2.63 bits per heavy atom. The number of nitrogens with one attached hydrogen (secondary N) is 2. The highest BCUT2D eigenvalue weighted by atomic mass is 35.5. The number of carbonyl (C=O) groups excluding carboxylic acids is 2. The van der Waals surface area contributed by atoms with Crippen LogP contribution in [0.15, 0.2) is 60.7 Å². The van der Waals surface area contributed by atoms with E-state index in [-0.39, 0.29) is 5.91 Å². The first kappa shape index (κ1) is 23.1. The molecule has 3 atom stereocenters. The quantitative estimate of drug-likeness (QED) is 0.498. The minimum atomic E-state index is -1.40. The van der Waals surface area contributed by atoms with Gasteiger partial charge in [0, 0.05) is 11.3 Å². The molecule has 3 aromatic carbocycles. The van der Waals surface area contributed by atoms with E-state index in [4.69, 9.17) is 21.1 Å². The number of para-hydroxylation sites is 2. The van der Waals surface area contributed by atoms with Crippen LogP contribution in [0.2, 0.25) is 5.02 Å². The first-order valence-electron chi connectivity index (χ1n) is 11.3. The number of rotatable bonds is 4. The molecule has 35 heavy (non-hydrogen) atoms. The van der Waals surface area contributed by atoms with E-state index in [1.165, 1.54) is 4.90 Å². The highest BCUT2D eigenvalue weighted by molar-refractivity contribution is 6.33. The predicted molar refractivity (Wildman–Crippen MR) is 135 cm³/mol. The summed E-state index contributed by atoms with van der Waals surface area (Å²) in [7, 11) is 1.56. The fourth-order valence-electron chi connectivity index (χ4n) is 5.09. The Morgan fingerprint density at radius 1 is 1.14 bits per heavy atom. The molecule has 0 radical (unpaired) electrons. The Labute approximate surface area is 209 Å². The van der Waals surface area contributed by atoms with E-state index in [2.05, 4.69) is 10.6 Å². The van der Waals surface area contributed by atoms with E-state index in [0.29, 0.717) is 33.5 Å². The standard InChI is InChI=1S/C27H26ClN3O4/c1-15-12-13-19(16(2)14-15)29-25(32)22-23-17-8-7-11-21(34-4)24(17)35-27(22,3)31(26(33)30-23)20-10-6-5-9-18(20)28/h5-14,22-23H,1-4H3,(H,29,32)(H,30,33). The molecule has 2 aliphatic rings. The normalized spacial score (nSPS) is 22.5. The van der Waals surface area contributed by atoms with Gasteiger partial charge in [-0.05, 0) is 50.6 Å². The van der Waals surface area contributed by atoms with Gasteiger partial charge >= 0.3 is 6.03 Å². The lowest BCUT2D eigenvalue weighted by Gasteiger charge is -2.54. The van der Waals surface area contributed by atoms with E-state index in [1.807, 2.05) is 44.2 Å². The number of ether oxygens (including phenoxy) is 2. The van der Waals surface area contributed by atoms with Crippen molar-refractivity contribution in [2.75, 3.05) is 17.3 Å². The van der Waals surface area contributed by atoms with Gasteiger partial charge in [-0.1, -0.05) is 53.6 Å². The van der Waals surface area contributed by atoms with Crippen LogP contribution in [0, 0.1) is 19.8 Å². The Morgan fingerprint density at radius 2 is 1.91 bits per heavy atom. The van der Waals surface area contributed by atoms with Gasteiger partial charge in [-0.3, -0.25) is 9.69 Å². The van der Waals surface area contributed by atoms with Crippen molar-refractivity contribution in [3.8, 4) is 11.5 Å². The summed E-state index contributed by atoms with van der Waals surface area (Å²) in [6.07, 6.45) is 0. The molecule has 8 heteroatoms. The first-order chi connectivity index (χ1) is 16.7. The van der Waals surface area contributed by atoms with Crippen molar-refractivity contribution in [1.82, 2.24) is 5.32 Å². The van der Waals surface area contributed by atoms with Crippen LogP contribution >= 0.6 is 11.6 Å². The molecule has 2 heterocycles. The second kappa shape index (κ2) is 8.50. The highest BCUT2D eigenvalue weighted by Gasteiger charge is 2.61. The Hall–Kier alpha value is -3.71. The number of nitrogens with zero attached hydrogens (tertiary/aromatic N) is 1. The molecule has 0 spiro atoms. The molecule has 2 bridgehead atoms. The predicted octanol–water partition coefficient (Wildman–Crippen LogP) is 5.60. The van der Waals surface area contributed by atoms with E-state index in [1.54, 1.807) is 44.4 Å². The van der Waals surface area contributed by atoms with Crippen LogP contribution in [0.5, 0.6) is 11.5 Å². The molecule has 3 amide bonds. The summed E-state index contributed by atoms with van der Waals surface area (Å²) in [6.45, 7) is 5.69. The lowest BCUT2D eigenvalue weighted by molar-refractivity contribution is -0.131. The number of fused-ring (bicyclic) bond motifs is 4. The van der Waals surface area contributed by atoms with Crippen molar-refractivity contribution in [3.63, 3.8) is 0 Å². The second-order valence-corrected chi connectivity index (χ2v) is 9.44. The third kappa shape index (κ3) is 3.67. The summed E-state index contributed by atoms with van der Waals surface area (Å²) in [5.74, 6) is -0.0934. The van der Waals surface area contributed by atoms with Gasteiger partial charge in [0.2, 0.25) is 11.6 Å². The second-order valence-electron chi connectivity index (χ2n) is 9.03. The summed E-state index contributed by atoms with van der Waals surface area (Å²) in [5, 5.41) is 6.46. The van der Waals surface area contributed by atoms with Crippen LogP contribution in [0.4, 0.5) is 16.2 Å². The molecule has 5 rings (SSSR count). The van der Waals surface area contributed by atoms with Gasteiger partial charge in [0.25, 0.3) is 0 Å². The number of carbonyl (C=O) groups is 2. The number of halogens is 1. The number of hydrogen-bond donors (Lipinski definition) is 2. The van der Waals surface area contributed by atoms with Crippen molar-refractivity contribution >= 4 is 34.9 Å². The van der Waals surface area contributed by atoms with Gasteiger partial charge < -0.3 is 20.1 Å². The van der Waals surface area contributed by atoms with Gasteiger partial charge in [-0.25, -0.2) is 4.79 Å². The molecule has 2 N–H and O–H groups in total. The molecule has 3 unspecified atom stereocenters. The number of methoxy groups -OCH3 is 1. The maximum atomic E-state index is 13.9. The molecule has 0 aromatic heterocycles. The van der Waals surface area contributed by atoms with Crippen LogP contribution in [0.1, 0.15) is 29.7 Å². The summed E-state index contributed by atoms with van der Waals surface area (Å²) in [5.41, 5.74) is 2.46. The van der Waals surface area contributed by atoms with Crippen LogP contribution in [-0.4, -0.2) is 24.8 Å². The maximum Gasteiger partial charge on any atom is 0.325 e. The molecule has 180 valence electrons. The summed E-state index contributed by atoms with van der Waals surface area (Å²) < 4.78 is 12.1. The summed E-state index contributed by atoms with van der Waals surface area (Å²) in [6, 6.07) is 17.2. The van der Waals surface area contributed by atoms with Crippen molar-refractivity contribution < 1.29 is 19.1 Å². The Kier molecular flexibility index (Phi) is 5.60. The Bertz CT molecular complexity index is 1340. The van der Waals surface area contributed by atoms with Crippen LogP contribution in [-0.2, 0) is 4.79 Å². The topological polar surface area (TPSA) is 79.9 Å². The van der Waals surface area contributed by atoms with E-state index >= 15 is 0 Å². The molecule has 0 saturated carbocycles. The fraction of sp³-hybridized carbons (Fsp3) is 0.259. The average Bonchev–Trinajstić information content (AvgIpc) is 2.81. The van der Waals surface area contributed by atoms with Gasteiger partial charge in [0.05, 0.1) is 23.9 Å². The zero-order valence-corrected chi connectivity index (χ0v) is 20.6. The van der Waals surface area contributed by atoms with E-state index < -0.39 is 23.7 Å². The molecular weight excluding hydrogens is 466 g/mol. The minimum Gasteiger partial charge on any atom is -0.493 e. The average molecular weight is 492 g/mol. The molecule has 0 aliphatic carbocycles. The van der Waals surface area contributed by atoms with Crippen molar-refractivity contribution in [3.05, 3.63) is 82.4 Å². The number of hydrogen-bond acceptors (Lipinski definition) is 4. The Balaban J connectivity index is 1.66. The van der Waals surface area contributed by atoms with Crippen molar-refractivity contribution in [2.24, 2.45) is 5.92 Å². The van der Waals surface area contributed by atoms with E-state index in [9.17, 15) is 9.59 Å². The lowest BCUT2D eigenvalue weighted by Crippen LogP contribution is -2.72. The third-order valence-electron chi connectivity index (χ3n) is 6.73. The zero-order valence-electron chi connectivity index (χ0n) is 19.9. The molecule has 2 aliphatic heterocycles. The van der Waals surface area contributed by atoms with E-state index in [0.717, 1.165) is 11.1 Å².